The number of alkyl halides is 3. The van der Waals surface area contributed by atoms with Crippen molar-refractivity contribution in [2.45, 2.75) is 44.3 Å². The maximum atomic E-state index is 12.5. The summed E-state index contributed by atoms with van der Waals surface area (Å²) in [6.45, 7) is 0. The van der Waals surface area contributed by atoms with E-state index in [1.165, 1.54) is 0 Å². The van der Waals surface area contributed by atoms with E-state index in [4.69, 9.17) is 6.42 Å². The lowest BCUT2D eigenvalue weighted by Crippen LogP contribution is -2.37. The van der Waals surface area contributed by atoms with Crippen molar-refractivity contribution in [1.29, 1.82) is 0 Å². The number of terminal acetylenes is 1. The summed E-state index contributed by atoms with van der Waals surface area (Å²) in [5.41, 5.74) is 0. The molecule has 0 aromatic carbocycles. The largest absolute Gasteiger partial charge is 0.391 e. The summed E-state index contributed by atoms with van der Waals surface area (Å²) in [5, 5.41) is 3.10. The molecule has 1 fully saturated rings. The number of hydrogen-bond acceptors (Lipinski definition) is 1. The number of nitrogens with one attached hydrogen (secondary N) is 1. The zero-order valence-electron chi connectivity index (χ0n) is 9.48. The van der Waals surface area contributed by atoms with Crippen LogP contribution in [0.25, 0.3) is 0 Å². The van der Waals surface area contributed by atoms with Crippen LogP contribution >= 0.6 is 0 Å². The lowest BCUT2D eigenvalue weighted by molar-refractivity contribution is -0.184. The summed E-state index contributed by atoms with van der Waals surface area (Å²) in [4.78, 5) is 0. The van der Waals surface area contributed by atoms with Crippen molar-refractivity contribution >= 4 is 0 Å². The molecule has 0 amide bonds. The molecule has 1 aliphatic carbocycles. The Morgan fingerprint density at radius 3 is 2.25 bits per heavy atom. The molecule has 0 radical (unpaired) electrons. The number of hydrogen-bond donors (Lipinski definition) is 1. The molecule has 1 N–H and O–H groups in total. The second-order valence-corrected chi connectivity index (χ2v) is 4.46. The van der Waals surface area contributed by atoms with Crippen LogP contribution in [0.1, 0.15) is 32.1 Å². The molecule has 0 aliphatic heterocycles. The smallest absolute Gasteiger partial charge is 0.316 e. The second-order valence-electron chi connectivity index (χ2n) is 4.46. The third kappa shape index (κ3) is 3.41. The molecule has 0 heterocycles. The van der Waals surface area contributed by atoms with Gasteiger partial charge in [0.2, 0.25) is 0 Å². The first-order valence-corrected chi connectivity index (χ1v) is 5.66. The molecule has 1 nitrogen and oxygen atoms in total. The third-order valence-corrected chi connectivity index (χ3v) is 3.51. The summed E-state index contributed by atoms with van der Waals surface area (Å²) in [5.74, 6) is 1.76. The lowest BCUT2D eigenvalue weighted by Gasteiger charge is -2.33. The first kappa shape index (κ1) is 13.4. The molecule has 0 aromatic rings. The predicted molar refractivity (Wildman–Crippen MR) is 57.8 cm³/mol. The van der Waals surface area contributed by atoms with Gasteiger partial charge in [-0.05, 0) is 38.6 Å². The number of rotatable bonds is 3. The van der Waals surface area contributed by atoms with E-state index >= 15 is 0 Å². The summed E-state index contributed by atoms with van der Waals surface area (Å²) >= 11 is 0. The van der Waals surface area contributed by atoms with Crippen LogP contribution in [0.2, 0.25) is 0 Å². The fourth-order valence-electron chi connectivity index (χ4n) is 2.48. The van der Waals surface area contributed by atoms with Crippen LogP contribution in [0.3, 0.4) is 0 Å². The fraction of sp³-hybridized carbons (Fsp3) is 0.833. The molecule has 16 heavy (non-hydrogen) atoms. The van der Waals surface area contributed by atoms with Crippen molar-refractivity contribution in [1.82, 2.24) is 5.32 Å². The van der Waals surface area contributed by atoms with E-state index in [1.54, 1.807) is 0 Å². The Balaban J connectivity index is 2.45. The monoisotopic (exact) mass is 233 g/mol. The highest BCUT2D eigenvalue weighted by atomic mass is 19.4. The van der Waals surface area contributed by atoms with Crippen LogP contribution in [0.15, 0.2) is 0 Å². The van der Waals surface area contributed by atoms with Gasteiger partial charge in [-0.1, -0.05) is 0 Å². The molecule has 4 heteroatoms. The van der Waals surface area contributed by atoms with Crippen LogP contribution in [-0.2, 0) is 0 Å². The van der Waals surface area contributed by atoms with Gasteiger partial charge in [-0.2, -0.15) is 13.2 Å². The molecule has 1 aliphatic rings. The van der Waals surface area contributed by atoms with Gasteiger partial charge in [0.1, 0.15) is 0 Å². The third-order valence-electron chi connectivity index (χ3n) is 3.51. The molecule has 0 bridgehead atoms. The van der Waals surface area contributed by atoms with Crippen LogP contribution in [-0.4, -0.2) is 19.3 Å². The Morgan fingerprint density at radius 1 is 1.31 bits per heavy atom. The van der Waals surface area contributed by atoms with Crippen LogP contribution < -0.4 is 5.32 Å². The van der Waals surface area contributed by atoms with Crippen molar-refractivity contribution < 1.29 is 13.2 Å². The maximum absolute atomic E-state index is 12.5. The number of halogens is 3. The molecular formula is C12H18F3N. The summed E-state index contributed by atoms with van der Waals surface area (Å²) in [7, 11) is 1.82. The van der Waals surface area contributed by atoms with Crippen molar-refractivity contribution in [3.05, 3.63) is 0 Å². The van der Waals surface area contributed by atoms with Crippen molar-refractivity contribution in [2.75, 3.05) is 7.05 Å². The first-order chi connectivity index (χ1) is 7.49. The summed E-state index contributed by atoms with van der Waals surface area (Å²) in [6, 6.07) is 0.166. The highest BCUT2D eigenvalue weighted by Crippen LogP contribution is 2.40. The highest BCUT2D eigenvalue weighted by molar-refractivity contribution is 4.93. The Hall–Kier alpha value is -0.690. The Kier molecular flexibility index (Phi) is 4.67. The standard InChI is InChI=1S/C12H18F3N/c1-3-4-11(16-2)9-5-7-10(8-6-9)12(13,14)15/h1,9-11,16H,4-8H2,2H3. The molecule has 0 aromatic heterocycles. The quantitative estimate of drug-likeness (QED) is 0.739. The van der Waals surface area contributed by atoms with Gasteiger partial charge >= 0.3 is 6.18 Å². The molecule has 1 unspecified atom stereocenters. The Labute approximate surface area is 94.8 Å². The van der Waals surface area contributed by atoms with E-state index in [2.05, 4.69) is 11.2 Å². The average Bonchev–Trinajstić information content (AvgIpc) is 2.25. The normalized spacial score (nSPS) is 28.4. The van der Waals surface area contributed by atoms with Gasteiger partial charge in [-0.25, -0.2) is 0 Å². The van der Waals surface area contributed by atoms with Gasteiger partial charge < -0.3 is 5.32 Å². The molecule has 92 valence electrons. The van der Waals surface area contributed by atoms with Crippen molar-refractivity contribution in [2.24, 2.45) is 11.8 Å². The van der Waals surface area contributed by atoms with E-state index in [9.17, 15) is 13.2 Å². The zero-order valence-corrected chi connectivity index (χ0v) is 9.48. The first-order valence-electron chi connectivity index (χ1n) is 5.66. The SMILES string of the molecule is C#CCC(NC)C1CCC(C(F)(F)F)CC1. The van der Waals surface area contributed by atoms with Crippen LogP contribution in [0, 0.1) is 24.2 Å². The zero-order chi connectivity index (χ0) is 12.2. The molecule has 1 atom stereocenters. The van der Waals surface area contributed by atoms with Gasteiger partial charge in [0, 0.05) is 12.5 Å². The summed E-state index contributed by atoms with van der Waals surface area (Å²) < 4.78 is 37.4. The minimum absolute atomic E-state index is 0.166. The molecule has 0 saturated heterocycles. The van der Waals surface area contributed by atoms with E-state index in [0.717, 1.165) is 0 Å². The van der Waals surface area contributed by atoms with Crippen LogP contribution in [0.5, 0.6) is 0 Å². The topological polar surface area (TPSA) is 12.0 Å². The van der Waals surface area contributed by atoms with Crippen LogP contribution in [0.4, 0.5) is 13.2 Å². The van der Waals surface area contributed by atoms with Gasteiger partial charge in [0.15, 0.2) is 0 Å². The average molecular weight is 233 g/mol. The van der Waals surface area contributed by atoms with E-state index in [1.807, 2.05) is 7.05 Å². The van der Waals surface area contributed by atoms with E-state index in [-0.39, 0.29) is 18.9 Å². The summed E-state index contributed by atoms with van der Waals surface area (Å²) in [6.07, 6.45) is 3.55. The maximum Gasteiger partial charge on any atom is 0.391 e. The Morgan fingerprint density at radius 2 is 1.88 bits per heavy atom. The van der Waals surface area contributed by atoms with Gasteiger partial charge in [-0.3, -0.25) is 0 Å². The van der Waals surface area contributed by atoms with Crippen molar-refractivity contribution in [3.63, 3.8) is 0 Å². The molecular weight excluding hydrogens is 215 g/mol. The molecule has 1 saturated carbocycles. The highest BCUT2D eigenvalue weighted by Gasteiger charge is 2.42. The van der Waals surface area contributed by atoms with Crippen molar-refractivity contribution in [3.8, 4) is 12.3 Å². The minimum atomic E-state index is -4.02. The molecule has 1 rings (SSSR count). The van der Waals surface area contributed by atoms with Gasteiger partial charge in [0.25, 0.3) is 0 Å². The predicted octanol–water partition coefficient (Wildman–Crippen LogP) is 2.97. The molecule has 0 spiro atoms. The van der Waals surface area contributed by atoms with E-state index < -0.39 is 12.1 Å². The minimum Gasteiger partial charge on any atom is -0.316 e. The second kappa shape index (κ2) is 5.58. The van der Waals surface area contributed by atoms with E-state index in [0.29, 0.717) is 25.2 Å². The fourth-order valence-corrected chi connectivity index (χ4v) is 2.48. The lowest BCUT2D eigenvalue weighted by atomic mass is 9.77. The van der Waals surface area contributed by atoms with Gasteiger partial charge in [0.05, 0.1) is 5.92 Å². The van der Waals surface area contributed by atoms with Gasteiger partial charge in [-0.15, -0.1) is 12.3 Å². The Bertz CT molecular complexity index is 246.